The summed E-state index contributed by atoms with van der Waals surface area (Å²) in [5, 5.41) is 0. The second-order valence-electron chi connectivity index (χ2n) is 7.58. The number of ether oxygens (including phenoxy) is 1. The number of sulfonamides is 1. The second-order valence-corrected chi connectivity index (χ2v) is 9.33. The Balaban J connectivity index is 1.65. The van der Waals surface area contributed by atoms with Crippen LogP contribution in [-0.4, -0.2) is 51.6 Å². The van der Waals surface area contributed by atoms with E-state index in [-0.39, 0.29) is 11.9 Å². The molecule has 7 nitrogen and oxygen atoms in total. The first kappa shape index (κ1) is 21.8. The number of likely N-dealkylation sites (tertiary alicyclic amines) is 1. The minimum absolute atomic E-state index is 0.106. The average molecular weight is 431 g/mol. The number of rotatable bonds is 5. The number of nitrogens with zero attached hydrogens (tertiary/aromatic N) is 1. The molecular weight excluding hydrogens is 404 g/mol. The highest BCUT2D eigenvalue weighted by atomic mass is 32.2. The number of amides is 1. The van der Waals surface area contributed by atoms with Crippen molar-refractivity contribution in [2.75, 3.05) is 31.2 Å². The Kier molecular flexibility index (Phi) is 6.45. The van der Waals surface area contributed by atoms with Crippen LogP contribution in [0.3, 0.4) is 0 Å². The number of hydrogen-bond acceptors (Lipinski definition) is 5. The number of hydrogen-bond donors (Lipinski definition) is 1. The highest BCUT2D eigenvalue weighted by molar-refractivity contribution is 7.92. The van der Waals surface area contributed by atoms with Crippen molar-refractivity contribution < 1.29 is 22.7 Å². The maximum absolute atomic E-state index is 12.9. The van der Waals surface area contributed by atoms with Crippen molar-refractivity contribution in [3.8, 4) is 0 Å². The van der Waals surface area contributed by atoms with E-state index in [2.05, 4.69) is 4.72 Å². The number of aryl methyl sites for hydroxylation is 1. The molecule has 0 atom stereocenters. The van der Waals surface area contributed by atoms with Gasteiger partial charge in [-0.15, -0.1) is 0 Å². The molecular formula is C22H26N2O5S. The summed E-state index contributed by atoms with van der Waals surface area (Å²) in [6.45, 7) is 3.02. The van der Waals surface area contributed by atoms with Crippen LogP contribution in [-0.2, 0) is 14.8 Å². The van der Waals surface area contributed by atoms with Gasteiger partial charge in [-0.05, 0) is 61.1 Å². The van der Waals surface area contributed by atoms with Gasteiger partial charge in [0.15, 0.2) is 0 Å². The Labute approximate surface area is 177 Å². The number of methoxy groups -OCH3 is 1. The van der Waals surface area contributed by atoms with Crippen molar-refractivity contribution in [2.24, 2.45) is 0 Å². The number of anilines is 1. The molecule has 1 amide bonds. The van der Waals surface area contributed by atoms with E-state index < -0.39 is 10.0 Å². The Morgan fingerprint density at radius 3 is 2.20 bits per heavy atom. The molecule has 0 aliphatic carbocycles. The molecule has 1 aliphatic rings. The molecule has 1 saturated heterocycles. The van der Waals surface area contributed by atoms with E-state index in [4.69, 9.17) is 4.74 Å². The fourth-order valence-electron chi connectivity index (χ4n) is 3.67. The van der Waals surface area contributed by atoms with E-state index in [9.17, 15) is 18.0 Å². The van der Waals surface area contributed by atoms with Crippen LogP contribution in [0, 0.1) is 6.92 Å². The molecule has 0 bridgehead atoms. The molecule has 3 rings (SSSR count). The molecule has 0 aromatic heterocycles. The second kappa shape index (κ2) is 8.87. The zero-order valence-electron chi connectivity index (χ0n) is 17.3. The number of esters is 1. The first-order valence-corrected chi connectivity index (χ1v) is 11.6. The molecule has 1 fully saturated rings. The number of carbonyl (C=O) groups is 2. The van der Waals surface area contributed by atoms with Crippen molar-refractivity contribution in [1.29, 1.82) is 0 Å². The van der Waals surface area contributed by atoms with Gasteiger partial charge in [-0.25, -0.2) is 13.2 Å². The summed E-state index contributed by atoms with van der Waals surface area (Å²) in [4.78, 5) is 26.3. The smallest absolute Gasteiger partial charge is 0.337 e. The lowest BCUT2D eigenvalue weighted by molar-refractivity contribution is 0.0600. The standard InChI is InChI=1S/C22H26N2O5S/c1-15-4-5-19(14-20(15)23-30(3,27)28)21(25)24-12-10-17(11-13-24)16-6-8-18(9-7-16)22(26)29-2/h4-9,14,17,23H,10-13H2,1-3H3. The molecule has 2 aromatic carbocycles. The van der Waals surface area contributed by atoms with Crippen LogP contribution in [0.25, 0.3) is 0 Å². The van der Waals surface area contributed by atoms with Gasteiger partial charge >= 0.3 is 5.97 Å². The first-order chi connectivity index (χ1) is 14.2. The molecule has 0 spiro atoms. The van der Waals surface area contributed by atoms with Crippen LogP contribution in [0.2, 0.25) is 0 Å². The largest absolute Gasteiger partial charge is 0.465 e. The molecule has 160 valence electrons. The fraction of sp³-hybridized carbons (Fsp3) is 0.364. The Bertz CT molecular complexity index is 1040. The quantitative estimate of drug-likeness (QED) is 0.736. The summed E-state index contributed by atoms with van der Waals surface area (Å²) < 4.78 is 30.3. The van der Waals surface area contributed by atoms with E-state index in [1.165, 1.54) is 7.11 Å². The molecule has 1 N–H and O–H groups in total. The summed E-state index contributed by atoms with van der Waals surface area (Å²) in [6, 6.07) is 12.5. The zero-order chi connectivity index (χ0) is 21.9. The Hall–Kier alpha value is -2.87. The highest BCUT2D eigenvalue weighted by Gasteiger charge is 2.25. The van der Waals surface area contributed by atoms with Crippen LogP contribution in [0.4, 0.5) is 5.69 Å². The maximum Gasteiger partial charge on any atom is 0.337 e. The molecule has 8 heteroatoms. The predicted molar refractivity (Wildman–Crippen MR) is 115 cm³/mol. The summed E-state index contributed by atoms with van der Waals surface area (Å²) >= 11 is 0. The van der Waals surface area contributed by atoms with Crippen molar-refractivity contribution in [3.05, 3.63) is 64.7 Å². The van der Waals surface area contributed by atoms with E-state index in [1.807, 2.05) is 12.1 Å². The molecule has 30 heavy (non-hydrogen) atoms. The molecule has 0 radical (unpaired) electrons. The summed E-state index contributed by atoms with van der Waals surface area (Å²) in [5.74, 6) is -0.142. The van der Waals surface area contributed by atoms with Gasteiger partial charge in [0.2, 0.25) is 10.0 Å². The fourth-order valence-corrected chi connectivity index (χ4v) is 4.29. The van der Waals surface area contributed by atoms with Gasteiger partial charge in [-0.2, -0.15) is 0 Å². The van der Waals surface area contributed by atoms with Gasteiger partial charge in [-0.3, -0.25) is 9.52 Å². The van der Waals surface area contributed by atoms with Gasteiger partial charge < -0.3 is 9.64 Å². The van der Waals surface area contributed by atoms with Crippen LogP contribution >= 0.6 is 0 Å². The van der Waals surface area contributed by atoms with Crippen LogP contribution < -0.4 is 4.72 Å². The van der Waals surface area contributed by atoms with E-state index in [0.29, 0.717) is 35.8 Å². The normalized spacial score (nSPS) is 15.0. The summed E-state index contributed by atoms with van der Waals surface area (Å²) in [6.07, 6.45) is 2.73. The van der Waals surface area contributed by atoms with Gasteiger partial charge in [0.25, 0.3) is 5.91 Å². The monoisotopic (exact) mass is 430 g/mol. The topological polar surface area (TPSA) is 92.8 Å². The third-order valence-electron chi connectivity index (χ3n) is 5.37. The minimum Gasteiger partial charge on any atom is -0.465 e. The van der Waals surface area contributed by atoms with Crippen molar-refractivity contribution in [3.63, 3.8) is 0 Å². The van der Waals surface area contributed by atoms with Gasteiger partial charge in [-0.1, -0.05) is 18.2 Å². The highest BCUT2D eigenvalue weighted by Crippen LogP contribution is 2.29. The lowest BCUT2D eigenvalue weighted by atomic mass is 9.88. The summed E-state index contributed by atoms with van der Waals surface area (Å²) in [5.41, 5.74) is 3.30. The maximum atomic E-state index is 12.9. The van der Waals surface area contributed by atoms with Crippen molar-refractivity contribution in [2.45, 2.75) is 25.7 Å². The van der Waals surface area contributed by atoms with E-state index in [0.717, 1.165) is 30.2 Å². The number of piperidine rings is 1. The molecule has 2 aromatic rings. The third kappa shape index (κ3) is 5.18. The van der Waals surface area contributed by atoms with E-state index >= 15 is 0 Å². The lowest BCUT2D eigenvalue weighted by Gasteiger charge is -2.32. The average Bonchev–Trinajstić information content (AvgIpc) is 2.73. The number of benzene rings is 2. The lowest BCUT2D eigenvalue weighted by Crippen LogP contribution is -2.38. The Morgan fingerprint density at radius 2 is 1.63 bits per heavy atom. The Morgan fingerprint density at radius 1 is 1.03 bits per heavy atom. The van der Waals surface area contributed by atoms with Gasteiger partial charge in [0.05, 0.1) is 24.6 Å². The number of carbonyl (C=O) groups excluding carboxylic acids is 2. The third-order valence-corrected chi connectivity index (χ3v) is 5.96. The first-order valence-electron chi connectivity index (χ1n) is 9.74. The van der Waals surface area contributed by atoms with Crippen LogP contribution in [0.1, 0.15) is 50.6 Å². The minimum atomic E-state index is -3.42. The zero-order valence-corrected chi connectivity index (χ0v) is 18.2. The van der Waals surface area contributed by atoms with E-state index in [1.54, 1.807) is 42.2 Å². The van der Waals surface area contributed by atoms with Crippen LogP contribution in [0.15, 0.2) is 42.5 Å². The van der Waals surface area contributed by atoms with Crippen molar-refractivity contribution >= 4 is 27.6 Å². The molecule has 1 aliphatic heterocycles. The summed E-state index contributed by atoms with van der Waals surface area (Å²) in [7, 11) is -2.06. The van der Waals surface area contributed by atoms with Gasteiger partial charge in [0.1, 0.15) is 0 Å². The molecule has 0 unspecified atom stereocenters. The number of nitrogens with one attached hydrogen (secondary N) is 1. The molecule has 1 heterocycles. The molecule has 0 saturated carbocycles. The predicted octanol–water partition coefficient (Wildman–Crippen LogP) is 3.17. The van der Waals surface area contributed by atoms with Crippen molar-refractivity contribution in [1.82, 2.24) is 4.90 Å². The van der Waals surface area contributed by atoms with Gasteiger partial charge in [0, 0.05) is 18.7 Å². The SMILES string of the molecule is COC(=O)c1ccc(C2CCN(C(=O)c3ccc(C)c(NS(C)(=O)=O)c3)CC2)cc1. The van der Waals surface area contributed by atoms with Crippen LogP contribution in [0.5, 0.6) is 0 Å².